The van der Waals surface area contributed by atoms with Gasteiger partial charge in [0.05, 0.1) is 0 Å². The molecule has 3 heteroatoms. The van der Waals surface area contributed by atoms with Crippen LogP contribution in [-0.4, -0.2) is 0 Å². The zero-order valence-corrected chi connectivity index (χ0v) is 22.7. The first-order valence-corrected chi connectivity index (χ1v) is 10.8. The number of hydrogen-bond acceptors (Lipinski definition) is 0. The molecule has 0 saturated heterocycles. The van der Waals surface area contributed by atoms with Crippen LogP contribution in [0.5, 0.6) is 0 Å². The number of benzene rings is 4. The summed E-state index contributed by atoms with van der Waals surface area (Å²) in [6.45, 7) is 11.0. The maximum Gasteiger partial charge on any atom is 2.00 e. The average Bonchev–Trinajstić information content (AvgIpc) is 3.36. The van der Waals surface area contributed by atoms with Gasteiger partial charge in [-0.15, -0.1) is 56.9 Å². The van der Waals surface area contributed by atoms with Gasteiger partial charge in [-0.25, -0.2) is 0 Å². The van der Waals surface area contributed by atoms with Crippen molar-refractivity contribution in [2.24, 2.45) is 0 Å². The van der Waals surface area contributed by atoms with Crippen LogP contribution in [0.15, 0.2) is 97.1 Å². The van der Waals surface area contributed by atoms with Crippen LogP contribution in [0.4, 0.5) is 0 Å². The molecule has 0 spiro atoms. The van der Waals surface area contributed by atoms with E-state index in [0.29, 0.717) is 0 Å². The third-order valence-corrected chi connectivity index (χ3v) is 5.52. The number of hydrogen-bond donors (Lipinski definition) is 0. The average molecular weight is 519 g/mol. The van der Waals surface area contributed by atoms with E-state index in [1.807, 2.05) is 0 Å². The number of rotatable bonds is 0. The molecule has 0 N–H and O–H groups in total. The SMILES string of the molecule is Cc1cc2c(ccc3ccccc32)[cH-]1.Cc1cc2c(ccc3ccccc32)[cH-]1.[CH2-]C[CH2-].[Cl-].[Cl-].[Ti+2]. The van der Waals surface area contributed by atoms with Crippen LogP contribution in [0.1, 0.15) is 17.5 Å². The molecule has 0 aliphatic carbocycles. The fourth-order valence-electron chi connectivity index (χ4n) is 4.23. The van der Waals surface area contributed by atoms with Crippen LogP contribution >= 0.6 is 0 Å². The van der Waals surface area contributed by atoms with E-state index in [0.717, 1.165) is 6.42 Å². The summed E-state index contributed by atoms with van der Waals surface area (Å²) in [6, 6.07) is 34.9. The largest absolute Gasteiger partial charge is 2.00 e. The van der Waals surface area contributed by atoms with Crippen LogP contribution in [0.25, 0.3) is 43.1 Å². The molecule has 6 rings (SSSR count). The first kappa shape index (κ1) is 29.9. The van der Waals surface area contributed by atoms with Gasteiger partial charge in [0, 0.05) is 0 Å². The summed E-state index contributed by atoms with van der Waals surface area (Å²) < 4.78 is 0. The monoisotopic (exact) mass is 518 g/mol. The summed E-state index contributed by atoms with van der Waals surface area (Å²) in [5.41, 5.74) is 2.69. The summed E-state index contributed by atoms with van der Waals surface area (Å²) in [4.78, 5) is 0. The van der Waals surface area contributed by atoms with Gasteiger partial charge in [-0.05, 0) is 10.8 Å². The summed E-state index contributed by atoms with van der Waals surface area (Å²) in [6.07, 6.45) is 0.750. The molecule has 0 radical (unpaired) electrons. The molecule has 6 aromatic carbocycles. The van der Waals surface area contributed by atoms with Gasteiger partial charge in [-0.1, -0.05) is 85.3 Å². The molecule has 6 aromatic rings. The molecule has 0 heterocycles. The Morgan fingerprint density at radius 2 is 0.912 bits per heavy atom. The zero-order chi connectivity index (χ0) is 21.8. The molecule has 34 heavy (non-hydrogen) atoms. The molecular weight excluding hydrogens is 491 g/mol. The van der Waals surface area contributed by atoms with E-state index in [2.05, 4.69) is 125 Å². The van der Waals surface area contributed by atoms with Gasteiger partial charge >= 0.3 is 21.7 Å². The van der Waals surface area contributed by atoms with Gasteiger partial charge in [0.15, 0.2) is 0 Å². The third kappa shape index (κ3) is 6.52. The Hall–Kier alpha value is -2.09. The van der Waals surface area contributed by atoms with Crippen LogP contribution in [0.3, 0.4) is 0 Å². The summed E-state index contributed by atoms with van der Waals surface area (Å²) in [5.74, 6) is 0. The normalized spacial score (nSPS) is 9.76. The van der Waals surface area contributed by atoms with E-state index in [9.17, 15) is 0 Å². The summed E-state index contributed by atoms with van der Waals surface area (Å²) in [7, 11) is 0. The van der Waals surface area contributed by atoms with Crippen molar-refractivity contribution in [3.63, 3.8) is 0 Å². The maximum atomic E-state index is 3.38. The third-order valence-electron chi connectivity index (χ3n) is 5.52. The first-order chi connectivity index (χ1) is 15.1. The van der Waals surface area contributed by atoms with Crippen LogP contribution in [-0.2, 0) is 21.7 Å². The van der Waals surface area contributed by atoms with Crippen molar-refractivity contribution in [1.29, 1.82) is 0 Å². The van der Waals surface area contributed by atoms with E-state index < -0.39 is 0 Å². The molecule has 0 saturated carbocycles. The van der Waals surface area contributed by atoms with Crippen molar-refractivity contribution in [2.75, 3.05) is 0 Å². The minimum absolute atomic E-state index is 0. The second kappa shape index (κ2) is 13.7. The molecule has 0 atom stereocenters. The predicted octanol–water partition coefficient (Wildman–Crippen LogP) is 3.09. The van der Waals surface area contributed by atoms with E-state index in [1.54, 1.807) is 0 Å². The molecule has 0 nitrogen and oxygen atoms in total. The quantitative estimate of drug-likeness (QED) is 0.214. The minimum atomic E-state index is 0. The van der Waals surface area contributed by atoms with Crippen molar-refractivity contribution < 1.29 is 46.5 Å². The van der Waals surface area contributed by atoms with Crippen molar-refractivity contribution in [1.82, 2.24) is 0 Å². The molecule has 0 fully saturated rings. The fourth-order valence-corrected chi connectivity index (χ4v) is 4.23. The molecule has 0 aromatic heterocycles. The molecule has 0 aliphatic rings. The van der Waals surface area contributed by atoms with Gasteiger partial charge in [0.1, 0.15) is 0 Å². The van der Waals surface area contributed by atoms with Crippen LogP contribution < -0.4 is 24.8 Å². The zero-order valence-electron chi connectivity index (χ0n) is 19.6. The number of halogens is 2. The Kier molecular flexibility index (Phi) is 12.1. The van der Waals surface area contributed by atoms with Crippen molar-refractivity contribution in [2.45, 2.75) is 20.3 Å². The molecule has 0 aliphatic heterocycles. The van der Waals surface area contributed by atoms with E-state index in [-0.39, 0.29) is 46.5 Å². The molecule has 0 unspecified atom stereocenters. The van der Waals surface area contributed by atoms with E-state index >= 15 is 0 Å². The molecule has 174 valence electrons. The van der Waals surface area contributed by atoms with E-state index in [4.69, 9.17) is 0 Å². The standard InChI is InChI=1S/2C14H11.C3H6.2ClH.Ti/c2*1-10-8-12-7-6-11-4-2-3-5-13(11)14(12)9-10;1-3-2;;;/h2*2-9H,1H3;1-3H2;2*1H;/q2*-1;-2;;;+2/p-2. The number of aryl methyl sites for hydroxylation is 2. The molecule has 0 bridgehead atoms. The molecule has 0 amide bonds. The van der Waals surface area contributed by atoms with Gasteiger partial charge in [0.25, 0.3) is 0 Å². The Morgan fingerprint density at radius 3 is 1.29 bits per heavy atom. The Balaban J connectivity index is 0.000000283. The first-order valence-electron chi connectivity index (χ1n) is 10.8. The second-order valence-corrected chi connectivity index (χ2v) is 8.00. The van der Waals surface area contributed by atoms with Gasteiger partial charge in [-0.3, -0.25) is 0 Å². The molecular formula is C31H28Cl2Ti-4. The van der Waals surface area contributed by atoms with E-state index in [1.165, 1.54) is 54.2 Å². The van der Waals surface area contributed by atoms with Gasteiger partial charge in [0.2, 0.25) is 0 Å². The van der Waals surface area contributed by atoms with Gasteiger partial charge < -0.3 is 45.1 Å². The Labute approximate surface area is 230 Å². The predicted molar refractivity (Wildman–Crippen MR) is 139 cm³/mol. The Bertz CT molecular complexity index is 1340. The van der Waals surface area contributed by atoms with Crippen molar-refractivity contribution in [3.05, 3.63) is 122 Å². The maximum absolute atomic E-state index is 3.38. The topological polar surface area (TPSA) is 0 Å². The fraction of sp³-hybridized carbons (Fsp3) is 0.0968. The number of fused-ring (bicyclic) bond motifs is 6. The minimum Gasteiger partial charge on any atom is -1.00 e. The van der Waals surface area contributed by atoms with Crippen molar-refractivity contribution in [3.8, 4) is 0 Å². The van der Waals surface area contributed by atoms with Crippen molar-refractivity contribution >= 4 is 43.1 Å². The smallest absolute Gasteiger partial charge is 1.00 e. The summed E-state index contributed by atoms with van der Waals surface area (Å²) in [5, 5.41) is 10.8. The summed E-state index contributed by atoms with van der Waals surface area (Å²) >= 11 is 0. The second-order valence-electron chi connectivity index (χ2n) is 8.00. The van der Waals surface area contributed by atoms with Crippen LogP contribution in [0, 0.1) is 27.7 Å². The van der Waals surface area contributed by atoms with Crippen LogP contribution in [0.2, 0.25) is 0 Å². The Morgan fingerprint density at radius 1 is 0.559 bits per heavy atom. The van der Waals surface area contributed by atoms with Gasteiger partial charge in [-0.2, -0.15) is 12.1 Å².